The number of nitrogens with zero attached hydrogens (tertiary/aromatic N) is 1. The van der Waals surface area contributed by atoms with E-state index in [-0.39, 0.29) is 25.4 Å². The fourth-order valence-corrected chi connectivity index (χ4v) is 4.15. The number of alkyl halides is 1. The van der Waals surface area contributed by atoms with Gasteiger partial charge in [0.1, 0.15) is 11.9 Å². The number of rotatable bonds is 4. The lowest BCUT2D eigenvalue weighted by Crippen LogP contribution is -2.53. The summed E-state index contributed by atoms with van der Waals surface area (Å²) in [6.45, 7) is 2.09. The van der Waals surface area contributed by atoms with E-state index in [0.717, 1.165) is 11.1 Å². The van der Waals surface area contributed by atoms with E-state index >= 15 is 0 Å². The van der Waals surface area contributed by atoms with Gasteiger partial charge in [0.15, 0.2) is 5.56 Å². The molecule has 6 nitrogen and oxygen atoms in total. The van der Waals surface area contributed by atoms with Crippen LogP contribution in [-0.2, 0) is 24.8 Å². The predicted molar refractivity (Wildman–Crippen MR) is 111 cm³/mol. The predicted octanol–water partition coefficient (Wildman–Crippen LogP) is 4.06. The van der Waals surface area contributed by atoms with E-state index < -0.39 is 29.6 Å². The number of benzene rings is 2. The van der Waals surface area contributed by atoms with Crippen molar-refractivity contribution in [1.29, 1.82) is 0 Å². The first kappa shape index (κ1) is 20.8. The molecule has 2 aliphatic rings. The smallest absolute Gasteiger partial charge is 0.411 e. The summed E-state index contributed by atoms with van der Waals surface area (Å²) in [6.07, 6.45) is -0.555. The quantitative estimate of drug-likeness (QED) is 0.686. The van der Waals surface area contributed by atoms with Gasteiger partial charge in [-0.2, -0.15) is 0 Å². The maximum absolute atomic E-state index is 12.6. The zero-order valence-corrected chi connectivity index (χ0v) is 17.5. The number of ketones is 1. The lowest BCUT2D eigenvalue weighted by molar-refractivity contribution is -0.153. The molecular formula is C23H24ClNO5. The number of likely N-dealkylation sites (tertiary alicyclic amines) is 1. The average molecular weight is 430 g/mol. The van der Waals surface area contributed by atoms with Gasteiger partial charge in [0.05, 0.1) is 12.6 Å². The summed E-state index contributed by atoms with van der Waals surface area (Å²) in [6, 6.07) is 18.9. The maximum Gasteiger partial charge on any atom is 0.411 e. The minimum Gasteiger partial charge on any atom is -0.430 e. The number of carbonyl (C=O) groups excluding carboxylic acids is 2. The first-order valence-electron chi connectivity index (χ1n) is 10.1. The lowest BCUT2D eigenvalue weighted by atomic mass is 9.96. The van der Waals surface area contributed by atoms with Crippen LogP contribution in [0.4, 0.5) is 4.79 Å². The second-order valence-electron chi connectivity index (χ2n) is 7.50. The van der Waals surface area contributed by atoms with Crippen LogP contribution >= 0.6 is 11.6 Å². The van der Waals surface area contributed by atoms with E-state index in [4.69, 9.17) is 25.8 Å². The summed E-state index contributed by atoms with van der Waals surface area (Å²) in [5.74, 6) is -1.02. The number of carbonyl (C=O) groups is 2. The molecule has 2 fully saturated rings. The Hall–Kier alpha value is -2.41. The number of halogens is 1. The Labute approximate surface area is 180 Å². The Balaban J connectivity index is 1.65. The zero-order chi connectivity index (χ0) is 21.1. The van der Waals surface area contributed by atoms with E-state index in [0.29, 0.717) is 6.42 Å². The molecule has 3 unspecified atom stereocenters. The molecule has 0 spiro atoms. The number of piperidine rings is 1. The fraction of sp³-hybridized carbons (Fsp3) is 0.391. The summed E-state index contributed by atoms with van der Waals surface area (Å²) in [5.41, 5.74) is 0.943. The van der Waals surface area contributed by atoms with Crippen molar-refractivity contribution in [2.45, 2.75) is 43.3 Å². The number of ether oxygens (including phenoxy) is 3. The molecule has 2 aromatic carbocycles. The molecule has 2 aromatic rings. The normalized spacial score (nSPS) is 24.5. The highest BCUT2D eigenvalue weighted by Gasteiger charge is 2.50. The van der Waals surface area contributed by atoms with Crippen LogP contribution in [-0.4, -0.2) is 47.6 Å². The molecule has 0 N–H and O–H groups in total. The molecule has 2 aliphatic heterocycles. The van der Waals surface area contributed by atoms with Crippen LogP contribution in [0.5, 0.6) is 0 Å². The van der Waals surface area contributed by atoms with Crippen molar-refractivity contribution in [3.8, 4) is 0 Å². The highest BCUT2D eigenvalue weighted by atomic mass is 35.5. The third kappa shape index (κ3) is 4.08. The minimum absolute atomic E-state index is 0.0866. The van der Waals surface area contributed by atoms with Crippen molar-refractivity contribution >= 4 is 23.5 Å². The zero-order valence-electron chi connectivity index (χ0n) is 16.7. The summed E-state index contributed by atoms with van der Waals surface area (Å²) < 4.78 is 18.0. The highest BCUT2D eigenvalue weighted by molar-refractivity contribution is 6.19. The number of hydrogen-bond donors (Lipinski definition) is 0. The van der Waals surface area contributed by atoms with Gasteiger partial charge in [-0.05, 0) is 6.92 Å². The Morgan fingerprint density at radius 1 is 1.13 bits per heavy atom. The first-order valence-corrected chi connectivity index (χ1v) is 10.5. The molecule has 0 saturated carbocycles. The van der Waals surface area contributed by atoms with Crippen LogP contribution in [0.2, 0.25) is 0 Å². The molecule has 0 aliphatic carbocycles. The monoisotopic (exact) mass is 429 g/mol. The Morgan fingerprint density at radius 2 is 1.73 bits per heavy atom. The van der Waals surface area contributed by atoms with Gasteiger partial charge >= 0.3 is 6.09 Å². The minimum atomic E-state index is -1.11. The largest absolute Gasteiger partial charge is 0.430 e. The topological polar surface area (TPSA) is 65.1 Å². The summed E-state index contributed by atoms with van der Waals surface area (Å²) in [4.78, 5) is 26.4. The maximum atomic E-state index is 12.6. The molecule has 1 amide bonds. The molecule has 0 bridgehead atoms. The van der Waals surface area contributed by atoms with E-state index in [9.17, 15) is 9.59 Å². The molecule has 0 radical (unpaired) electrons. The molecule has 2 saturated heterocycles. The third-order valence-corrected chi connectivity index (χ3v) is 5.56. The van der Waals surface area contributed by atoms with Gasteiger partial charge in [0.2, 0.25) is 5.79 Å². The van der Waals surface area contributed by atoms with Crippen LogP contribution in [0.25, 0.3) is 0 Å². The molecule has 2 heterocycles. The van der Waals surface area contributed by atoms with Gasteiger partial charge in [-0.25, -0.2) is 4.79 Å². The van der Waals surface area contributed by atoms with E-state index in [1.54, 1.807) is 11.8 Å². The van der Waals surface area contributed by atoms with Gasteiger partial charge in [-0.1, -0.05) is 72.3 Å². The molecule has 7 heteroatoms. The van der Waals surface area contributed by atoms with Crippen molar-refractivity contribution in [2.24, 2.45) is 0 Å². The summed E-state index contributed by atoms with van der Waals surface area (Å²) in [7, 11) is 0. The average Bonchev–Trinajstić information content (AvgIpc) is 3.21. The lowest BCUT2D eigenvalue weighted by Gasteiger charge is -2.38. The van der Waals surface area contributed by atoms with Crippen molar-refractivity contribution in [1.82, 2.24) is 4.90 Å². The van der Waals surface area contributed by atoms with Crippen LogP contribution in [0.15, 0.2) is 60.7 Å². The van der Waals surface area contributed by atoms with Gasteiger partial charge in [0.25, 0.3) is 0 Å². The number of amides is 1. The SMILES string of the molecule is CC(Cl)OC(=O)N1CCC(=O)CC1C1COC(c2ccccc2)(c2ccccc2)O1. The first-order chi connectivity index (χ1) is 14.5. The number of Topliss-reactive ketones (excluding diaryl/α,β-unsaturated/α-hetero) is 1. The molecule has 3 atom stereocenters. The van der Waals surface area contributed by atoms with Gasteiger partial charge in [0, 0.05) is 30.5 Å². The van der Waals surface area contributed by atoms with Gasteiger partial charge in [-0.15, -0.1) is 0 Å². The fourth-order valence-electron chi connectivity index (χ4n) is 4.08. The van der Waals surface area contributed by atoms with Crippen LogP contribution in [0, 0.1) is 0 Å². The summed E-state index contributed by atoms with van der Waals surface area (Å²) in [5, 5.41) is 0. The Morgan fingerprint density at radius 3 is 2.30 bits per heavy atom. The Kier molecular flexibility index (Phi) is 6.09. The van der Waals surface area contributed by atoms with Crippen LogP contribution in [0.3, 0.4) is 0 Å². The van der Waals surface area contributed by atoms with Gasteiger partial charge < -0.3 is 19.1 Å². The van der Waals surface area contributed by atoms with Crippen molar-refractivity contribution in [2.75, 3.05) is 13.2 Å². The van der Waals surface area contributed by atoms with E-state index in [1.165, 1.54) is 0 Å². The number of hydrogen-bond acceptors (Lipinski definition) is 5. The second-order valence-corrected chi connectivity index (χ2v) is 8.11. The highest BCUT2D eigenvalue weighted by Crippen LogP contribution is 2.42. The molecular weight excluding hydrogens is 406 g/mol. The van der Waals surface area contributed by atoms with Gasteiger partial charge in [-0.3, -0.25) is 4.79 Å². The Bertz CT molecular complexity index is 849. The molecule has 158 valence electrons. The summed E-state index contributed by atoms with van der Waals surface area (Å²) >= 11 is 5.84. The third-order valence-electron chi connectivity index (χ3n) is 5.47. The second kappa shape index (κ2) is 8.76. The van der Waals surface area contributed by atoms with E-state index in [2.05, 4.69) is 0 Å². The van der Waals surface area contributed by atoms with Crippen molar-refractivity contribution < 1.29 is 23.8 Å². The van der Waals surface area contributed by atoms with E-state index in [1.807, 2.05) is 60.7 Å². The standard InChI is InChI=1S/C23H24ClNO5/c1-16(24)29-22(27)25-13-12-19(26)14-20(25)21-15-28-23(30-21,17-8-4-2-5-9-17)18-10-6-3-7-11-18/h2-11,16,20-21H,12-15H2,1H3. The van der Waals surface area contributed by atoms with Crippen LogP contribution in [0.1, 0.15) is 30.9 Å². The van der Waals surface area contributed by atoms with Crippen molar-refractivity contribution in [3.05, 3.63) is 71.8 Å². The molecule has 4 rings (SSSR count). The van der Waals surface area contributed by atoms with Crippen molar-refractivity contribution in [3.63, 3.8) is 0 Å². The van der Waals surface area contributed by atoms with Crippen LogP contribution < -0.4 is 0 Å². The molecule has 30 heavy (non-hydrogen) atoms. The molecule has 0 aromatic heterocycles.